The van der Waals surface area contributed by atoms with Crippen LogP contribution >= 0.6 is 0 Å². The van der Waals surface area contributed by atoms with Crippen LogP contribution in [0.3, 0.4) is 0 Å². The highest BCUT2D eigenvalue weighted by Crippen LogP contribution is 2.28. The number of hydrogen-bond donors (Lipinski definition) is 0. The first-order valence-corrected chi connectivity index (χ1v) is 6.59. The van der Waals surface area contributed by atoms with Gasteiger partial charge in [0.05, 0.1) is 0 Å². The van der Waals surface area contributed by atoms with E-state index in [1.54, 1.807) is 12.4 Å². The fourth-order valence-corrected chi connectivity index (χ4v) is 1.89. The minimum absolute atomic E-state index is 0.548. The summed E-state index contributed by atoms with van der Waals surface area (Å²) in [6.07, 6.45) is 3.38. The molecule has 1 aromatic carbocycles. The number of ether oxygens (including phenoxy) is 2. The second-order valence-electron chi connectivity index (χ2n) is 4.52. The molecule has 0 N–H and O–H groups in total. The van der Waals surface area contributed by atoms with Gasteiger partial charge < -0.3 is 9.47 Å². The quantitative estimate of drug-likeness (QED) is 0.710. The monoisotopic (exact) mass is 278 g/mol. The molecule has 2 heterocycles. The normalized spacial score (nSPS) is 10.1. The molecule has 4 heteroatoms. The standard InChI is InChI=1S/C17H14N2O2/c1-13-10-14(20-16-6-2-4-8-18-16)12-15(11-13)21-17-7-3-5-9-19-17/h2-12H,1H3. The number of nitrogens with zero attached hydrogens (tertiary/aromatic N) is 2. The Morgan fingerprint density at radius 3 is 1.67 bits per heavy atom. The first kappa shape index (κ1) is 13.1. The van der Waals surface area contributed by atoms with Gasteiger partial charge in [0.1, 0.15) is 11.5 Å². The zero-order chi connectivity index (χ0) is 14.5. The zero-order valence-corrected chi connectivity index (χ0v) is 11.6. The van der Waals surface area contributed by atoms with Gasteiger partial charge in [-0.25, -0.2) is 9.97 Å². The van der Waals surface area contributed by atoms with Gasteiger partial charge in [0.25, 0.3) is 0 Å². The first-order chi connectivity index (χ1) is 10.3. The first-order valence-electron chi connectivity index (χ1n) is 6.59. The fourth-order valence-electron chi connectivity index (χ4n) is 1.89. The zero-order valence-electron chi connectivity index (χ0n) is 11.6. The number of hydrogen-bond acceptors (Lipinski definition) is 4. The maximum absolute atomic E-state index is 5.73. The summed E-state index contributed by atoms with van der Waals surface area (Å²) < 4.78 is 11.5. The molecule has 0 amide bonds. The van der Waals surface area contributed by atoms with Crippen molar-refractivity contribution in [1.82, 2.24) is 9.97 Å². The number of rotatable bonds is 4. The summed E-state index contributed by atoms with van der Waals surface area (Å²) in [6, 6.07) is 16.7. The van der Waals surface area contributed by atoms with Crippen molar-refractivity contribution in [3.8, 4) is 23.3 Å². The summed E-state index contributed by atoms with van der Waals surface area (Å²) >= 11 is 0. The minimum atomic E-state index is 0.548. The summed E-state index contributed by atoms with van der Waals surface area (Å²) in [7, 11) is 0. The van der Waals surface area contributed by atoms with E-state index in [9.17, 15) is 0 Å². The van der Waals surface area contributed by atoms with Gasteiger partial charge in [0, 0.05) is 30.6 Å². The Bertz CT molecular complexity index is 656. The van der Waals surface area contributed by atoms with Crippen molar-refractivity contribution in [1.29, 1.82) is 0 Å². The lowest BCUT2D eigenvalue weighted by atomic mass is 10.2. The Morgan fingerprint density at radius 2 is 1.24 bits per heavy atom. The molecule has 0 fully saturated rings. The summed E-state index contributed by atoms with van der Waals surface area (Å²) in [5.74, 6) is 2.46. The van der Waals surface area contributed by atoms with E-state index in [1.165, 1.54) is 0 Å². The smallest absolute Gasteiger partial charge is 0.219 e. The molecule has 104 valence electrons. The Labute approximate surface area is 123 Å². The summed E-state index contributed by atoms with van der Waals surface area (Å²) in [5.41, 5.74) is 1.04. The van der Waals surface area contributed by atoms with Gasteiger partial charge in [-0.05, 0) is 36.8 Å². The van der Waals surface area contributed by atoms with E-state index in [0.717, 1.165) is 5.56 Å². The van der Waals surface area contributed by atoms with Gasteiger partial charge in [-0.15, -0.1) is 0 Å². The summed E-state index contributed by atoms with van der Waals surface area (Å²) in [4.78, 5) is 8.28. The molecule has 21 heavy (non-hydrogen) atoms. The van der Waals surface area contributed by atoms with Gasteiger partial charge in [-0.1, -0.05) is 12.1 Å². The van der Waals surface area contributed by atoms with Crippen molar-refractivity contribution < 1.29 is 9.47 Å². The van der Waals surface area contributed by atoms with Crippen molar-refractivity contribution in [2.24, 2.45) is 0 Å². The topological polar surface area (TPSA) is 44.2 Å². The average molecular weight is 278 g/mol. The van der Waals surface area contributed by atoms with Crippen LogP contribution in [0, 0.1) is 6.92 Å². The molecule has 2 aromatic heterocycles. The fraction of sp³-hybridized carbons (Fsp3) is 0.0588. The molecule has 0 bridgehead atoms. The third-order valence-electron chi connectivity index (χ3n) is 2.74. The second kappa shape index (κ2) is 6.05. The molecule has 0 atom stereocenters. The molecule has 0 saturated carbocycles. The van der Waals surface area contributed by atoms with Crippen LogP contribution in [0.5, 0.6) is 23.3 Å². The molecule has 3 rings (SSSR count). The second-order valence-corrected chi connectivity index (χ2v) is 4.52. The van der Waals surface area contributed by atoms with Crippen molar-refractivity contribution in [2.45, 2.75) is 6.92 Å². The predicted octanol–water partition coefficient (Wildman–Crippen LogP) is 4.37. The molecule has 0 aliphatic heterocycles. The average Bonchev–Trinajstić information content (AvgIpc) is 2.48. The molecular formula is C17H14N2O2. The van der Waals surface area contributed by atoms with E-state index in [4.69, 9.17) is 9.47 Å². The van der Waals surface area contributed by atoms with Crippen molar-refractivity contribution in [3.05, 3.63) is 72.6 Å². The van der Waals surface area contributed by atoms with Crippen LogP contribution in [0.25, 0.3) is 0 Å². The highest BCUT2D eigenvalue weighted by molar-refractivity contribution is 5.40. The molecule has 0 aliphatic rings. The summed E-state index contributed by atoms with van der Waals surface area (Å²) in [6.45, 7) is 1.98. The number of aromatic nitrogens is 2. The predicted molar refractivity (Wildman–Crippen MR) is 79.8 cm³/mol. The van der Waals surface area contributed by atoms with Gasteiger partial charge in [0.2, 0.25) is 11.8 Å². The third kappa shape index (κ3) is 3.57. The largest absolute Gasteiger partial charge is 0.439 e. The number of pyridine rings is 2. The van der Waals surface area contributed by atoms with Gasteiger partial charge in [0.15, 0.2) is 0 Å². The van der Waals surface area contributed by atoms with Crippen molar-refractivity contribution in [2.75, 3.05) is 0 Å². The van der Waals surface area contributed by atoms with Gasteiger partial charge >= 0.3 is 0 Å². The van der Waals surface area contributed by atoms with Crippen LogP contribution in [-0.2, 0) is 0 Å². The Morgan fingerprint density at radius 1 is 0.714 bits per heavy atom. The van der Waals surface area contributed by atoms with Crippen LogP contribution in [0.15, 0.2) is 67.0 Å². The highest BCUT2D eigenvalue weighted by Gasteiger charge is 2.04. The van der Waals surface area contributed by atoms with Crippen LogP contribution in [-0.4, -0.2) is 9.97 Å². The van der Waals surface area contributed by atoms with E-state index in [0.29, 0.717) is 23.3 Å². The highest BCUT2D eigenvalue weighted by atomic mass is 16.5. The van der Waals surface area contributed by atoms with E-state index < -0.39 is 0 Å². The van der Waals surface area contributed by atoms with Gasteiger partial charge in [-0.3, -0.25) is 0 Å². The lowest BCUT2D eigenvalue weighted by Gasteiger charge is -2.09. The molecular weight excluding hydrogens is 264 g/mol. The van der Waals surface area contributed by atoms with Crippen molar-refractivity contribution in [3.63, 3.8) is 0 Å². The van der Waals surface area contributed by atoms with E-state index >= 15 is 0 Å². The molecule has 0 spiro atoms. The van der Waals surface area contributed by atoms with E-state index in [1.807, 2.05) is 61.5 Å². The van der Waals surface area contributed by atoms with Crippen LogP contribution < -0.4 is 9.47 Å². The Kier molecular flexibility index (Phi) is 3.78. The Hall–Kier alpha value is -2.88. The molecule has 3 aromatic rings. The number of aryl methyl sites for hydroxylation is 1. The molecule has 0 radical (unpaired) electrons. The lowest BCUT2D eigenvalue weighted by molar-refractivity contribution is 0.441. The van der Waals surface area contributed by atoms with Crippen LogP contribution in [0.2, 0.25) is 0 Å². The number of benzene rings is 1. The molecule has 0 unspecified atom stereocenters. The van der Waals surface area contributed by atoms with E-state index in [2.05, 4.69) is 9.97 Å². The molecule has 4 nitrogen and oxygen atoms in total. The SMILES string of the molecule is Cc1cc(Oc2ccccn2)cc(Oc2ccccn2)c1. The van der Waals surface area contributed by atoms with Gasteiger partial charge in [-0.2, -0.15) is 0 Å². The molecule has 0 saturated heterocycles. The van der Waals surface area contributed by atoms with Crippen LogP contribution in [0.1, 0.15) is 5.56 Å². The maximum atomic E-state index is 5.73. The maximum Gasteiger partial charge on any atom is 0.219 e. The summed E-state index contributed by atoms with van der Waals surface area (Å²) in [5, 5.41) is 0. The Balaban J connectivity index is 1.83. The minimum Gasteiger partial charge on any atom is -0.439 e. The van der Waals surface area contributed by atoms with Crippen LogP contribution in [0.4, 0.5) is 0 Å². The molecule has 0 aliphatic carbocycles. The third-order valence-corrected chi connectivity index (χ3v) is 2.74. The lowest BCUT2D eigenvalue weighted by Crippen LogP contribution is -1.91. The van der Waals surface area contributed by atoms with E-state index in [-0.39, 0.29) is 0 Å². The van der Waals surface area contributed by atoms with Crippen molar-refractivity contribution >= 4 is 0 Å².